The van der Waals surface area contributed by atoms with Gasteiger partial charge in [0.05, 0.1) is 0 Å². The van der Waals surface area contributed by atoms with E-state index in [0.29, 0.717) is 12.3 Å². The Hall–Kier alpha value is -0.610. The predicted octanol–water partition coefficient (Wildman–Crippen LogP) is 0.997. The van der Waals surface area contributed by atoms with Gasteiger partial charge < -0.3 is 15.3 Å². The van der Waals surface area contributed by atoms with E-state index in [-0.39, 0.29) is 12.5 Å². The average Bonchev–Trinajstić information content (AvgIpc) is 2.84. The van der Waals surface area contributed by atoms with Crippen LogP contribution >= 0.6 is 0 Å². The number of hydrogen-bond donors (Lipinski definition) is 2. The first-order chi connectivity index (χ1) is 8.24. The zero-order chi connectivity index (χ0) is 12.5. The maximum absolute atomic E-state index is 11.8. The second-order valence-electron chi connectivity index (χ2n) is 5.00. The number of aliphatic hydroxyl groups excluding tert-OH is 1. The van der Waals surface area contributed by atoms with Gasteiger partial charge in [-0.3, -0.25) is 4.79 Å². The molecule has 0 spiro atoms. The lowest BCUT2D eigenvalue weighted by Crippen LogP contribution is -2.28. The van der Waals surface area contributed by atoms with E-state index in [1.807, 2.05) is 11.9 Å². The minimum atomic E-state index is 0.256. The van der Waals surface area contributed by atoms with Gasteiger partial charge in [-0.2, -0.15) is 0 Å². The molecule has 1 unspecified atom stereocenters. The lowest BCUT2D eigenvalue weighted by atomic mass is 10.0. The number of rotatable bonds is 8. The van der Waals surface area contributed by atoms with Gasteiger partial charge in [-0.15, -0.1) is 0 Å². The van der Waals surface area contributed by atoms with Gasteiger partial charge in [0.15, 0.2) is 0 Å². The summed E-state index contributed by atoms with van der Waals surface area (Å²) in [6.07, 6.45) is 5.76. The number of carbonyl (C=O) groups excluding carboxylic acids is 1. The average molecular weight is 242 g/mol. The van der Waals surface area contributed by atoms with Crippen molar-refractivity contribution in [1.82, 2.24) is 10.2 Å². The van der Waals surface area contributed by atoms with Gasteiger partial charge in [0, 0.05) is 26.6 Å². The molecule has 0 saturated carbocycles. The Kier molecular flexibility index (Phi) is 7.21. The van der Waals surface area contributed by atoms with Crippen LogP contribution in [-0.2, 0) is 4.79 Å². The molecule has 1 heterocycles. The second-order valence-corrected chi connectivity index (χ2v) is 5.00. The van der Waals surface area contributed by atoms with Crippen LogP contribution in [0.3, 0.4) is 0 Å². The van der Waals surface area contributed by atoms with Crippen LogP contribution in [0.4, 0.5) is 0 Å². The van der Waals surface area contributed by atoms with Gasteiger partial charge in [0.1, 0.15) is 0 Å². The number of carbonyl (C=O) groups is 1. The number of aliphatic hydroxyl groups is 1. The molecule has 0 aromatic rings. The second kappa shape index (κ2) is 8.48. The molecule has 1 amide bonds. The van der Waals surface area contributed by atoms with Gasteiger partial charge in [-0.25, -0.2) is 0 Å². The minimum Gasteiger partial charge on any atom is -0.396 e. The molecule has 4 heteroatoms. The minimum absolute atomic E-state index is 0.256. The lowest BCUT2D eigenvalue weighted by Gasteiger charge is -2.18. The summed E-state index contributed by atoms with van der Waals surface area (Å²) in [6.45, 7) is 3.26. The van der Waals surface area contributed by atoms with Crippen LogP contribution in [0, 0.1) is 5.92 Å². The summed E-state index contributed by atoms with van der Waals surface area (Å²) in [5.41, 5.74) is 0. The molecule has 1 rings (SSSR count). The van der Waals surface area contributed by atoms with Crippen LogP contribution in [0.15, 0.2) is 0 Å². The van der Waals surface area contributed by atoms with Crippen LogP contribution in [0.25, 0.3) is 0 Å². The molecule has 1 atom stereocenters. The van der Waals surface area contributed by atoms with E-state index in [2.05, 4.69) is 5.32 Å². The maximum atomic E-state index is 11.8. The molecular weight excluding hydrogens is 216 g/mol. The molecule has 0 aliphatic carbocycles. The molecule has 1 saturated heterocycles. The summed E-state index contributed by atoms with van der Waals surface area (Å²) in [5, 5.41) is 12.0. The Labute approximate surface area is 104 Å². The number of amides is 1. The highest BCUT2D eigenvalue weighted by atomic mass is 16.2. The number of nitrogens with one attached hydrogen (secondary N) is 1. The summed E-state index contributed by atoms with van der Waals surface area (Å²) in [5.74, 6) is 0.961. The molecule has 0 radical (unpaired) electrons. The quantitative estimate of drug-likeness (QED) is 0.624. The molecular formula is C13H26N2O2. The van der Waals surface area contributed by atoms with Crippen molar-refractivity contribution in [3.8, 4) is 0 Å². The molecule has 0 bridgehead atoms. The van der Waals surface area contributed by atoms with Crippen LogP contribution < -0.4 is 5.32 Å². The first kappa shape index (κ1) is 14.5. The van der Waals surface area contributed by atoms with Crippen molar-refractivity contribution in [3.05, 3.63) is 0 Å². The third-order valence-electron chi connectivity index (χ3n) is 3.51. The fourth-order valence-corrected chi connectivity index (χ4v) is 2.24. The molecule has 1 aliphatic heterocycles. The Morgan fingerprint density at radius 1 is 1.41 bits per heavy atom. The molecule has 2 N–H and O–H groups in total. The van der Waals surface area contributed by atoms with E-state index >= 15 is 0 Å². The van der Waals surface area contributed by atoms with Crippen molar-refractivity contribution in [3.63, 3.8) is 0 Å². The van der Waals surface area contributed by atoms with Crippen LogP contribution in [0.2, 0.25) is 0 Å². The van der Waals surface area contributed by atoms with Crippen molar-refractivity contribution in [2.45, 2.75) is 38.5 Å². The van der Waals surface area contributed by atoms with Gasteiger partial charge >= 0.3 is 0 Å². The highest BCUT2D eigenvalue weighted by Crippen LogP contribution is 2.15. The third kappa shape index (κ3) is 6.03. The van der Waals surface area contributed by atoms with E-state index in [1.54, 1.807) is 0 Å². The molecule has 4 nitrogen and oxygen atoms in total. The first-order valence-electron chi connectivity index (χ1n) is 6.79. The SMILES string of the molecule is CN(CCCCCO)C(=O)CCC1CCNC1. The highest BCUT2D eigenvalue weighted by molar-refractivity contribution is 5.75. The Morgan fingerprint density at radius 3 is 2.88 bits per heavy atom. The summed E-state index contributed by atoms with van der Waals surface area (Å²) in [7, 11) is 1.88. The highest BCUT2D eigenvalue weighted by Gasteiger charge is 2.16. The Bertz CT molecular complexity index is 215. The topological polar surface area (TPSA) is 52.6 Å². The van der Waals surface area contributed by atoms with E-state index in [9.17, 15) is 4.79 Å². The van der Waals surface area contributed by atoms with Crippen molar-refractivity contribution < 1.29 is 9.90 Å². The normalized spacial score (nSPS) is 19.5. The smallest absolute Gasteiger partial charge is 0.222 e. The van der Waals surface area contributed by atoms with Gasteiger partial charge in [-0.05, 0) is 51.1 Å². The van der Waals surface area contributed by atoms with Gasteiger partial charge in [0.2, 0.25) is 5.91 Å². The van der Waals surface area contributed by atoms with E-state index in [1.165, 1.54) is 6.42 Å². The predicted molar refractivity (Wildman–Crippen MR) is 68.8 cm³/mol. The molecule has 1 fully saturated rings. The Balaban J connectivity index is 2.04. The maximum Gasteiger partial charge on any atom is 0.222 e. The van der Waals surface area contributed by atoms with E-state index in [0.717, 1.165) is 45.3 Å². The number of hydrogen-bond acceptors (Lipinski definition) is 3. The van der Waals surface area contributed by atoms with Crippen LogP contribution in [0.5, 0.6) is 0 Å². The molecule has 0 aromatic carbocycles. The van der Waals surface area contributed by atoms with Gasteiger partial charge in [-0.1, -0.05) is 0 Å². The fraction of sp³-hybridized carbons (Fsp3) is 0.923. The summed E-state index contributed by atoms with van der Waals surface area (Å²) in [4.78, 5) is 13.7. The van der Waals surface area contributed by atoms with Crippen LogP contribution in [-0.4, -0.2) is 49.2 Å². The zero-order valence-electron chi connectivity index (χ0n) is 11.0. The van der Waals surface area contributed by atoms with Crippen molar-refractivity contribution in [2.75, 3.05) is 33.3 Å². The zero-order valence-corrected chi connectivity index (χ0v) is 11.0. The van der Waals surface area contributed by atoms with Crippen LogP contribution in [0.1, 0.15) is 38.5 Å². The van der Waals surface area contributed by atoms with Crippen molar-refractivity contribution in [1.29, 1.82) is 0 Å². The molecule has 0 aromatic heterocycles. The van der Waals surface area contributed by atoms with Gasteiger partial charge in [0.25, 0.3) is 0 Å². The molecule has 1 aliphatic rings. The van der Waals surface area contributed by atoms with Crippen molar-refractivity contribution >= 4 is 5.91 Å². The largest absolute Gasteiger partial charge is 0.396 e. The monoisotopic (exact) mass is 242 g/mol. The lowest BCUT2D eigenvalue weighted by molar-refractivity contribution is -0.130. The first-order valence-corrected chi connectivity index (χ1v) is 6.79. The summed E-state index contributed by atoms with van der Waals surface area (Å²) >= 11 is 0. The summed E-state index contributed by atoms with van der Waals surface area (Å²) in [6, 6.07) is 0. The molecule has 17 heavy (non-hydrogen) atoms. The standard InChI is InChI=1S/C13H26N2O2/c1-15(9-3-2-4-10-16)13(17)6-5-12-7-8-14-11-12/h12,14,16H,2-11H2,1H3. The number of unbranched alkanes of at least 4 members (excludes halogenated alkanes) is 2. The Morgan fingerprint density at radius 2 is 2.24 bits per heavy atom. The summed E-state index contributed by atoms with van der Waals surface area (Å²) < 4.78 is 0. The molecule has 100 valence electrons. The number of nitrogens with zero attached hydrogens (tertiary/aromatic N) is 1. The fourth-order valence-electron chi connectivity index (χ4n) is 2.24. The van der Waals surface area contributed by atoms with Crippen molar-refractivity contribution in [2.24, 2.45) is 5.92 Å². The third-order valence-corrected chi connectivity index (χ3v) is 3.51. The van der Waals surface area contributed by atoms with E-state index < -0.39 is 0 Å². The van der Waals surface area contributed by atoms with E-state index in [4.69, 9.17) is 5.11 Å².